The van der Waals surface area contributed by atoms with Gasteiger partial charge in [0.25, 0.3) is 0 Å². The standard InChI is InChI=1S/C18H16N4O3S/c23-16-8-12(9-22(16)10-13-4-3-7-25-13)17(24)21-18-20-15(11-26-18)14-5-1-2-6-19-14/h1-7,11-12H,8-10H2,(H,20,21,24). The summed E-state index contributed by atoms with van der Waals surface area (Å²) in [6, 6.07) is 9.18. The van der Waals surface area contributed by atoms with Crippen molar-refractivity contribution in [3.8, 4) is 11.4 Å². The Balaban J connectivity index is 1.38. The van der Waals surface area contributed by atoms with Crippen LogP contribution in [-0.4, -0.2) is 33.2 Å². The smallest absolute Gasteiger partial charge is 0.231 e. The van der Waals surface area contributed by atoms with E-state index in [1.807, 2.05) is 29.6 Å². The molecule has 0 bridgehead atoms. The molecule has 1 N–H and O–H groups in total. The Morgan fingerprint density at radius 1 is 1.31 bits per heavy atom. The fourth-order valence-corrected chi connectivity index (χ4v) is 3.57. The second-order valence-electron chi connectivity index (χ2n) is 6.00. The number of aromatic nitrogens is 2. The topological polar surface area (TPSA) is 88.3 Å². The summed E-state index contributed by atoms with van der Waals surface area (Å²) in [6.45, 7) is 0.764. The number of thiazole rings is 1. The second kappa shape index (κ2) is 7.09. The molecule has 0 aromatic carbocycles. The molecule has 0 aliphatic carbocycles. The van der Waals surface area contributed by atoms with Gasteiger partial charge in [0.05, 0.1) is 24.4 Å². The van der Waals surface area contributed by atoms with E-state index in [2.05, 4.69) is 15.3 Å². The van der Waals surface area contributed by atoms with Crippen molar-refractivity contribution in [2.45, 2.75) is 13.0 Å². The van der Waals surface area contributed by atoms with E-state index >= 15 is 0 Å². The van der Waals surface area contributed by atoms with Gasteiger partial charge < -0.3 is 14.6 Å². The van der Waals surface area contributed by atoms with Crippen LogP contribution in [-0.2, 0) is 16.1 Å². The van der Waals surface area contributed by atoms with Crippen LogP contribution in [0.3, 0.4) is 0 Å². The van der Waals surface area contributed by atoms with Crippen molar-refractivity contribution in [2.75, 3.05) is 11.9 Å². The first-order valence-electron chi connectivity index (χ1n) is 8.17. The van der Waals surface area contributed by atoms with Gasteiger partial charge in [-0.2, -0.15) is 0 Å². The maximum Gasteiger partial charge on any atom is 0.231 e. The SMILES string of the molecule is O=C(Nc1nc(-c2ccccn2)cs1)C1CC(=O)N(Cc2ccco2)C1. The quantitative estimate of drug-likeness (QED) is 0.748. The highest BCUT2D eigenvalue weighted by molar-refractivity contribution is 7.14. The zero-order valence-corrected chi connectivity index (χ0v) is 14.6. The summed E-state index contributed by atoms with van der Waals surface area (Å²) >= 11 is 1.34. The molecule has 1 aliphatic heterocycles. The van der Waals surface area contributed by atoms with Crippen LogP contribution in [0.5, 0.6) is 0 Å². The van der Waals surface area contributed by atoms with Crippen LogP contribution in [0.15, 0.2) is 52.6 Å². The van der Waals surface area contributed by atoms with Gasteiger partial charge in [-0.25, -0.2) is 4.98 Å². The summed E-state index contributed by atoms with van der Waals surface area (Å²) in [5.41, 5.74) is 1.47. The van der Waals surface area contributed by atoms with Crippen LogP contribution in [0.2, 0.25) is 0 Å². The molecule has 26 heavy (non-hydrogen) atoms. The average molecular weight is 368 g/mol. The average Bonchev–Trinajstić information content (AvgIpc) is 3.39. The maximum atomic E-state index is 12.5. The number of nitrogens with zero attached hydrogens (tertiary/aromatic N) is 3. The Morgan fingerprint density at radius 2 is 2.23 bits per heavy atom. The minimum absolute atomic E-state index is 0.0464. The predicted octanol–water partition coefficient (Wildman–Crippen LogP) is 2.79. The summed E-state index contributed by atoms with van der Waals surface area (Å²) in [6.07, 6.45) is 3.47. The van der Waals surface area contributed by atoms with Gasteiger partial charge in [-0.1, -0.05) is 6.07 Å². The first-order valence-corrected chi connectivity index (χ1v) is 9.05. The van der Waals surface area contributed by atoms with E-state index in [1.54, 1.807) is 23.4 Å². The lowest BCUT2D eigenvalue weighted by Crippen LogP contribution is -2.27. The van der Waals surface area contributed by atoms with Gasteiger partial charge in [0.2, 0.25) is 11.8 Å². The molecule has 4 heterocycles. The van der Waals surface area contributed by atoms with Gasteiger partial charge in [-0.05, 0) is 24.3 Å². The largest absolute Gasteiger partial charge is 0.467 e. The van der Waals surface area contributed by atoms with Gasteiger partial charge in [-0.15, -0.1) is 11.3 Å². The molecule has 2 amide bonds. The number of hydrogen-bond acceptors (Lipinski definition) is 6. The highest BCUT2D eigenvalue weighted by Gasteiger charge is 2.35. The monoisotopic (exact) mass is 368 g/mol. The number of nitrogens with one attached hydrogen (secondary N) is 1. The highest BCUT2D eigenvalue weighted by Crippen LogP contribution is 2.26. The summed E-state index contributed by atoms with van der Waals surface area (Å²) < 4.78 is 5.27. The molecule has 1 saturated heterocycles. The van der Waals surface area contributed by atoms with Crippen LogP contribution in [0.4, 0.5) is 5.13 Å². The van der Waals surface area contributed by atoms with Crippen LogP contribution in [0, 0.1) is 5.92 Å². The molecule has 1 atom stereocenters. The molecule has 0 saturated carbocycles. The number of hydrogen-bond donors (Lipinski definition) is 1. The fourth-order valence-electron chi connectivity index (χ4n) is 2.86. The van der Waals surface area contributed by atoms with Gasteiger partial charge in [0, 0.05) is 24.5 Å². The molecule has 4 rings (SSSR count). The molecule has 0 spiro atoms. The molecular formula is C18H16N4O3S. The Kier molecular flexibility index (Phi) is 4.49. The van der Waals surface area contributed by atoms with Crippen molar-refractivity contribution in [1.82, 2.24) is 14.9 Å². The van der Waals surface area contributed by atoms with E-state index in [0.29, 0.717) is 29.7 Å². The molecule has 132 valence electrons. The third-order valence-electron chi connectivity index (χ3n) is 4.17. The molecule has 1 fully saturated rings. The Morgan fingerprint density at radius 3 is 3.00 bits per heavy atom. The summed E-state index contributed by atoms with van der Waals surface area (Å²) in [7, 11) is 0. The second-order valence-corrected chi connectivity index (χ2v) is 6.85. The van der Waals surface area contributed by atoms with Crippen molar-refractivity contribution >= 4 is 28.3 Å². The van der Waals surface area contributed by atoms with Gasteiger partial charge in [0.1, 0.15) is 11.5 Å². The summed E-state index contributed by atoms with van der Waals surface area (Å²) in [5.74, 6) is 0.0797. The van der Waals surface area contributed by atoms with Crippen LogP contribution in [0.25, 0.3) is 11.4 Å². The predicted molar refractivity (Wildman–Crippen MR) is 96.2 cm³/mol. The summed E-state index contributed by atoms with van der Waals surface area (Å²) in [4.78, 5) is 34.9. The van der Waals surface area contributed by atoms with Crippen molar-refractivity contribution in [3.63, 3.8) is 0 Å². The van der Waals surface area contributed by atoms with Crippen molar-refractivity contribution in [2.24, 2.45) is 5.92 Å². The first kappa shape index (κ1) is 16.5. The van der Waals surface area contributed by atoms with Crippen molar-refractivity contribution < 1.29 is 14.0 Å². The summed E-state index contributed by atoms with van der Waals surface area (Å²) in [5, 5.41) is 5.17. The first-order chi connectivity index (χ1) is 12.7. The fraction of sp³-hybridized carbons (Fsp3) is 0.222. The third kappa shape index (κ3) is 3.50. The minimum Gasteiger partial charge on any atom is -0.467 e. The van der Waals surface area contributed by atoms with E-state index in [0.717, 1.165) is 5.69 Å². The van der Waals surface area contributed by atoms with E-state index in [9.17, 15) is 9.59 Å². The zero-order chi connectivity index (χ0) is 17.9. The molecule has 1 unspecified atom stereocenters. The highest BCUT2D eigenvalue weighted by atomic mass is 32.1. The number of anilines is 1. The molecular weight excluding hydrogens is 352 g/mol. The number of rotatable bonds is 5. The molecule has 7 nitrogen and oxygen atoms in total. The lowest BCUT2D eigenvalue weighted by atomic mass is 10.1. The number of pyridine rings is 1. The van der Waals surface area contributed by atoms with E-state index in [4.69, 9.17) is 4.42 Å². The van der Waals surface area contributed by atoms with Gasteiger partial charge in [-0.3, -0.25) is 14.6 Å². The Labute approximate surface area is 153 Å². The zero-order valence-electron chi connectivity index (χ0n) is 13.8. The molecule has 1 aliphatic rings. The van der Waals surface area contributed by atoms with E-state index < -0.39 is 0 Å². The third-order valence-corrected chi connectivity index (χ3v) is 4.93. The van der Waals surface area contributed by atoms with E-state index in [1.165, 1.54) is 11.3 Å². The minimum atomic E-state index is -0.389. The number of furan rings is 1. The molecule has 3 aromatic heterocycles. The number of carbonyl (C=O) groups excluding carboxylic acids is 2. The van der Waals surface area contributed by atoms with Gasteiger partial charge >= 0.3 is 0 Å². The van der Waals surface area contributed by atoms with E-state index in [-0.39, 0.29) is 24.2 Å². The number of amides is 2. The van der Waals surface area contributed by atoms with Crippen molar-refractivity contribution in [1.29, 1.82) is 0 Å². The Hall–Kier alpha value is -3.00. The maximum absolute atomic E-state index is 12.5. The van der Waals surface area contributed by atoms with Crippen LogP contribution >= 0.6 is 11.3 Å². The van der Waals surface area contributed by atoms with Gasteiger partial charge in [0.15, 0.2) is 5.13 Å². The normalized spacial score (nSPS) is 16.8. The molecule has 0 radical (unpaired) electrons. The number of carbonyl (C=O) groups is 2. The lowest BCUT2D eigenvalue weighted by molar-refractivity contribution is -0.128. The lowest BCUT2D eigenvalue weighted by Gasteiger charge is -2.14. The van der Waals surface area contributed by atoms with Crippen molar-refractivity contribution in [3.05, 3.63) is 53.9 Å². The van der Waals surface area contributed by atoms with Crippen LogP contribution in [0.1, 0.15) is 12.2 Å². The molecule has 3 aromatic rings. The molecule has 8 heteroatoms. The van der Waals surface area contributed by atoms with Crippen LogP contribution < -0.4 is 5.32 Å². The Bertz CT molecular complexity index is 908. The number of likely N-dealkylation sites (tertiary alicyclic amines) is 1.